The van der Waals surface area contributed by atoms with Crippen LogP contribution in [0, 0.1) is 11.7 Å². The number of nitrogens with one attached hydrogen (secondary N) is 1. The molecule has 0 bridgehead atoms. The third kappa shape index (κ3) is 5.42. The van der Waals surface area contributed by atoms with Crippen LogP contribution in [0.2, 0.25) is 5.02 Å². The molecule has 2 aromatic carbocycles. The van der Waals surface area contributed by atoms with Crippen LogP contribution in [0.25, 0.3) is 0 Å². The summed E-state index contributed by atoms with van der Waals surface area (Å²) < 4.78 is 41.0. The molecule has 7 nitrogen and oxygen atoms in total. The van der Waals surface area contributed by atoms with Gasteiger partial charge in [-0.1, -0.05) is 29.8 Å². The Kier molecular flexibility index (Phi) is 7.54. The first-order valence-electron chi connectivity index (χ1n) is 11.4. The molecule has 0 saturated carbocycles. The van der Waals surface area contributed by atoms with Gasteiger partial charge in [-0.05, 0) is 49.9 Å². The lowest BCUT2D eigenvalue weighted by molar-refractivity contribution is -0.120. The lowest BCUT2D eigenvalue weighted by atomic mass is 9.97. The first-order chi connectivity index (χ1) is 16.3. The van der Waals surface area contributed by atoms with Crippen molar-refractivity contribution in [1.29, 1.82) is 0 Å². The van der Waals surface area contributed by atoms with Crippen molar-refractivity contribution in [3.8, 4) is 0 Å². The third-order valence-corrected chi connectivity index (χ3v) is 8.57. The molecule has 34 heavy (non-hydrogen) atoms. The molecule has 2 aromatic rings. The number of sulfonamides is 1. The number of benzene rings is 2. The minimum absolute atomic E-state index is 0.0525. The van der Waals surface area contributed by atoms with Crippen LogP contribution in [0.3, 0.4) is 0 Å². The molecule has 10 heteroatoms. The standard InChI is InChI=1S/C24H27ClFN3O4S/c25-20-7-5-8-21(26)19(20)16-34(32,33)29-14-10-17(11-15-29)23(30)27-22-9-2-1-6-18(22)24(31)28-12-3-4-13-28/h1-2,5-9,17H,3-4,10-16H2,(H,27,30). The van der Waals surface area contributed by atoms with Gasteiger partial charge < -0.3 is 10.2 Å². The van der Waals surface area contributed by atoms with Crippen LogP contribution in [0.4, 0.5) is 10.1 Å². The highest BCUT2D eigenvalue weighted by molar-refractivity contribution is 7.88. The van der Waals surface area contributed by atoms with Crippen LogP contribution in [-0.2, 0) is 20.6 Å². The molecule has 2 saturated heterocycles. The number of piperidine rings is 1. The van der Waals surface area contributed by atoms with E-state index in [1.54, 1.807) is 29.2 Å². The van der Waals surface area contributed by atoms with E-state index in [1.807, 2.05) is 0 Å². The van der Waals surface area contributed by atoms with Crippen molar-refractivity contribution in [2.75, 3.05) is 31.5 Å². The van der Waals surface area contributed by atoms with Crippen LogP contribution < -0.4 is 5.32 Å². The van der Waals surface area contributed by atoms with Gasteiger partial charge in [0.2, 0.25) is 15.9 Å². The first-order valence-corrected chi connectivity index (χ1v) is 13.3. The minimum atomic E-state index is -3.79. The molecular weight excluding hydrogens is 481 g/mol. The van der Waals surface area contributed by atoms with E-state index in [1.165, 1.54) is 22.5 Å². The molecular formula is C24H27ClFN3O4S. The van der Waals surface area contributed by atoms with Crippen molar-refractivity contribution < 1.29 is 22.4 Å². The number of nitrogens with zero attached hydrogens (tertiary/aromatic N) is 2. The zero-order chi connectivity index (χ0) is 24.3. The van der Waals surface area contributed by atoms with Gasteiger partial charge in [0, 0.05) is 42.7 Å². The molecule has 2 heterocycles. The summed E-state index contributed by atoms with van der Waals surface area (Å²) >= 11 is 5.99. The summed E-state index contributed by atoms with van der Waals surface area (Å²) in [5.74, 6) is -1.91. The zero-order valence-corrected chi connectivity index (χ0v) is 20.2. The molecule has 182 valence electrons. The summed E-state index contributed by atoms with van der Waals surface area (Å²) in [4.78, 5) is 27.6. The molecule has 2 fully saturated rings. The quantitative estimate of drug-likeness (QED) is 0.642. The van der Waals surface area contributed by atoms with Crippen molar-refractivity contribution in [1.82, 2.24) is 9.21 Å². The highest BCUT2D eigenvalue weighted by Crippen LogP contribution is 2.27. The number of rotatable bonds is 6. The van der Waals surface area contributed by atoms with Crippen molar-refractivity contribution in [2.24, 2.45) is 5.92 Å². The summed E-state index contributed by atoms with van der Waals surface area (Å²) in [5.41, 5.74) is 0.872. The van der Waals surface area contributed by atoms with Crippen LogP contribution in [-0.4, -0.2) is 55.6 Å². The molecule has 2 aliphatic heterocycles. The normalized spacial score (nSPS) is 17.6. The fourth-order valence-corrected chi connectivity index (χ4v) is 6.36. The third-order valence-electron chi connectivity index (χ3n) is 6.42. The molecule has 2 aliphatic rings. The average Bonchev–Trinajstić information content (AvgIpc) is 3.37. The molecule has 0 atom stereocenters. The van der Waals surface area contributed by atoms with Crippen LogP contribution in [0.5, 0.6) is 0 Å². The van der Waals surface area contributed by atoms with Gasteiger partial charge in [0.15, 0.2) is 0 Å². The van der Waals surface area contributed by atoms with E-state index in [2.05, 4.69) is 5.32 Å². The average molecular weight is 508 g/mol. The van der Waals surface area contributed by atoms with Crippen molar-refractivity contribution in [3.05, 3.63) is 64.4 Å². The highest BCUT2D eigenvalue weighted by Gasteiger charge is 2.32. The fourth-order valence-electron chi connectivity index (χ4n) is 4.44. The second-order valence-electron chi connectivity index (χ2n) is 8.66. The molecule has 4 rings (SSSR count). The van der Waals surface area contributed by atoms with E-state index in [0.717, 1.165) is 12.8 Å². The Hall–Kier alpha value is -2.49. The van der Waals surface area contributed by atoms with Gasteiger partial charge in [-0.3, -0.25) is 9.59 Å². The molecule has 1 N–H and O–H groups in total. The van der Waals surface area contributed by atoms with E-state index in [4.69, 9.17) is 11.6 Å². The number of hydrogen-bond acceptors (Lipinski definition) is 4. The summed E-state index contributed by atoms with van der Waals surface area (Å²) in [6.45, 7) is 1.74. The fraction of sp³-hybridized carbons (Fsp3) is 0.417. The molecule has 0 spiro atoms. The Morgan fingerprint density at radius 2 is 1.68 bits per heavy atom. The smallest absolute Gasteiger partial charge is 0.255 e. The van der Waals surface area contributed by atoms with Gasteiger partial charge in [-0.25, -0.2) is 17.1 Å². The molecule has 0 aliphatic carbocycles. The van der Waals surface area contributed by atoms with Crippen LogP contribution in [0.15, 0.2) is 42.5 Å². The van der Waals surface area contributed by atoms with Gasteiger partial charge in [0.05, 0.1) is 17.0 Å². The molecule has 0 radical (unpaired) electrons. The van der Waals surface area contributed by atoms with Gasteiger partial charge in [-0.15, -0.1) is 0 Å². The number of halogens is 2. The highest BCUT2D eigenvalue weighted by atomic mass is 35.5. The van der Waals surface area contributed by atoms with E-state index in [0.29, 0.717) is 37.2 Å². The Morgan fingerprint density at radius 3 is 2.35 bits per heavy atom. The number of carbonyl (C=O) groups excluding carboxylic acids is 2. The maximum Gasteiger partial charge on any atom is 0.255 e. The number of likely N-dealkylation sites (tertiary alicyclic amines) is 1. The van der Waals surface area contributed by atoms with Crippen molar-refractivity contribution >= 4 is 39.1 Å². The number of hydrogen-bond donors (Lipinski definition) is 1. The maximum absolute atomic E-state index is 14.1. The summed E-state index contributed by atoms with van der Waals surface area (Å²) in [5, 5.41) is 2.94. The van der Waals surface area contributed by atoms with E-state index < -0.39 is 27.5 Å². The second-order valence-corrected chi connectivity index (χ2v) is 11.0. The summed E-state index contributed by atoms with van der Waals surface area (Å²) in [6, 6.07) is 11.0. The number of anilines is 1. The Bertz CT molecular complexity index is 1160. The Labute approximate surface area is 203 Å². The number of carbonyl (C=O) groups is 2. The first kappa shape index (κ1) is 24.6. The predicted molar refractivity (Wildman–Crippen MR) is 129 cm³/mol. The van der Waals surface area contributed by atoms with Crippen molar-refractivity contribution in [2.45, 2.75) is 31.4 Å². The van der Waals surface area contributed by atoms with Gasteiger partial charge >= 0.3 is 0 Å². The number of para-hydroxylation sites is 1. The second kappa shape index (κ2) is 10.4. The maximum atomic E-state index is 14.1. The van der Waals surface area contributed by atoms with Crippen LogP contribution in [0.1, 0.15) is 41.6 Å². The molecule has 0 unspecified atom stereocenters. The van der Waals surface area contributed by atoms with Gasteiger partial charge in [-0.2, -0.15) is 0 Å². The largest absolute Gasteiger partial charge is 0.339 e. The van der Waals surface area contributed by atoms with Gasteiger partial charge in [0.1, 0.15) is 5.82 Å². The van der Waals surface area contributed by atoms with E-state index >= 15 is 0 Å². The zero-order valence-electron chi connectivity index (χ0n) is 18.7. The van der Waals surface area contributed by atoms with E-state index in [-0.39, 0.29) is 35.5 Å². The minimum Gasteiger partial charge on any atom is -0.339 e. The Morgan fingerprint density at radius 1 is 1.00 bits per heavy atom. The van der Waals surface area contributed by atoms with E-state index in [9.17, 15) is 22.4 Å². The monoisotopic (exact) mass is 507 g/mol. The van der Waals surface area contributed by atoms with Gasteiger partial charge in [0.25, 0.3) is 5.91 Å². The summed E-state index contributed by atoms with van der Waals surface area (Å²) in [6.07, 6.45) is 2.62. The topological polar surface area (TPSA) is 86.8 Å². The van der Waals surface area contributed by atoms with Crippen molar-refractivity contribution in [3.63, 3.8) is 0 Å². The molecule has 0 aromatic heterocycles. The predicted octanol–water partition coefficient (Wildman–Crippen LogP) is 3.90. The Balaban J connectivity index is 1.38. The number of amides is 2. The lowest BCUT2D eigenvalue weighted by Gasteiger charge is -2.31. The molecule has 2 amide bonds. The SMILES string of the molecule is O=C(Nc1ccccc1C(=O)N1CCCC1)C1CCN(S(=O)(=O)Cc2c(F)cccc2Cl)CC1. The summed E-state index contributed by atoms with van der Waals surface area (Å²) in [7, 11) is -3.79. The lowest BCUT2D eigenvalue weighted by Crippen LogP contribution is -2.42. The van der Waals surface area contributed by atoms with Crippen LogP contribution >= 0.6 is 11.6 Å².